The number of hydrogen-bond acceptors (Lipinski definition) is 4. The minimum atomic E-state index is 0.152. The fourth-order valence-electron chi connectivity index (χ4n) is 10.5. The van der Waals surface area contributed by atoms with Crippen molar-refractivity contribution in [3.05, 3.63) is 224 Å². The van der Waals surface area contributed by atoms with Crippen molar-refractivity contribution < 1.29 is 4.42 Å². The molecule has 0 bridgehead atoms. The van der Waals surface area contributed by atoms with E-state index in [0.29, 0.717) is 11.6 Å². The molecule has 0 atom stereocenters. The van der Waals surface area contributed by atoms with Crippen LogP contribution in [0.2, 0.25) is 5.28 Å². The summed E-state index contributed by atoms with van der Waals surface area (Å²) in [5.41, 5.74) is 14.5. The Morgan fingerprint density at radius 3 is 1.61 bits per heavy atom. The number of halogens is 1. The predicted molar refractivity (Wildman–Crippen MR) is 287 cm³/mol. The van der Waals surface area contributed by atoms with Gasteiger partial charge in [0, 0.05) is 49.2 Å². The van der Waals surface area contributed by atoms with Gasteiger partial charge < -0.3 is 9.40 Å². The van der Waals surface area contributed by atoms with Crippen molar-refractivity contribution in [2.45, 2.75) is 0 Å². The molecule has 0 unspecified atom stereocenters. The third-order valence-corrected chi connectivity index (χ3v) is 14.0. The number of H-pyrrole nitrogens is 1. The van der Waals surface area contributed by atoms with E-state index in [-0.39, 0.29) is 5.28 Å². The van der Waals surface area contributed by atoms with Gasteiger partial charge in [-0.15, -0.1) is 0 Å². The van der Waals surface area contributed by atoms with Gasteiger partial charge in [-0.3, -0.25) is 0 Å². The number of benzene rings is 11. The molecule has 0 saturated heterocycles. The normalized spacial score (nSPS) is 11.8. The van der Waals surface area contributed by atoms with Crippen molar-refractivity contribution in [2.24, 2.45) is 0 Å². The van der Waals surface area contributed by atoms with Crippen LogP contribution in [0.15, 0.2) is 223 Å². The first-order valence-corrected chi connectivity index (χ1v) is 23.5. The lowest BCUT2D eigenvalue weighted by molar-refractivity contribution is 0.670. The molecule has 0 aliphatic rings. The Bertz CT molecular complexity index is 4360. The highest BCUT2D eigenvalue weighted by molar-refractivity contribution is 6.33. The summed E-state index contributed by atoms with van der Waals surface area (Å²) < 4.78 is 7.07. The van der Waals surface area contributed by atoms with Crippen LogP contribution in [0.3, 0.4) is 0 Å². The second-order valence-electron chi connectivity index (χ2n) is 17.7. The van der Waals surface area contributed by atoms with E-state index in [1.54, 1.807) is 0 Å². The van der Waals surface area contributed by atoms with Crippen molar-refractivity contribution in [3.63, 3.8) is 0 Å². The quantitative estimate of drug-likeness (QED) is 0.169. The SMILES string of the molecule is Clc1nc(-c2ccc(-c3ccccc3)cc2)nc(-c2ccc(-c3cccc(-c4ccc5c(c4)oc4c(-c6cccc7c6[nH]c6c8ccccc8c8ccccc8c76)c6ccccc6cc45)c3)cc2)n1. The summed E-state index contributed by atoms with van der Waals surface area (Å²) in [7, 11) is 0. The minimum Gasteiger partial charge on any atom is -0.455 e. The average Bonchev–Trinajstić information content (AvgIpc) is 3.99. The summed E-state index contributed by atoms with van der Waals surface area (Å²) >= 11 is 6.50. The van der Waals surface area contributed by atoms with Gasteiger partial charge in [0.15, 0.2) is 11.6 Å². The Hall–Kier alpha value is -8.90. The molecule has 0 amide bonds. The van der Waals surface area contributed by atoms with Crippen LogP contribution in [-0.2, 0) is 0 Å². The molecule has 6 heteroatoms. The molecule has 3 heterocycles. The molecule has 0 aliphatic heterocycles. The molecule has 0 spiro atoms. The summed E-state index contributed by atoms with van der Waals surface area (Å²) in [6.07, 6.45) is 0. The zero-order valence-corrected chi connectivity index (χ0v) is 37.7. The summed E-state index contributed by atoms with van der Waals surface area (Å²) in [5, 5.41) is 12.1. The number of nitrogens with zero attached hydrogens (tertiary/aromatic N) is 3. The van der Waals surface area contributed by atoms with E-state index >= 15 is 0 Å². The molecule has 0 radical (unpaired) electrons. The van der Waals surface area contributed by atoms with E-state index in [1.807, 2.05) is 42.5 Å². The summed E-state index contributed by atoms with van der Waals surface area (Å²) in [4.78, 5) is 17.8. The van der Waals surface area contributed by atoms with Crippen LogP contribution >= 0.6 is 11.6 Å². The lowest BCUT2D eigenvalue weighted by Gasteiger charge is -2.10. The lowest BCUT2D eigenvalue weighted by Crippen LogP contribution is -1.97. The largest absolute Gasteiger partial charge is 0.455 e. The van der Waals surface area contributed by atoms with E-state index in [1.165, 1.54) is 37.7 Å². The standard InChI is InChI=1S/C63H37ClN4O/c64-63-67-61(40-28-24-38(25-29-40)37-12-2-1-3-13-37)66-62(68-63)41-30-26-39(27-31-41)42-15-10-16-43(34-42)44-32-33-49-54-35-45-14-4-5-17-46(45)57(60(54)69-55(49)36-44)53-23-11-22-52-56-50-20-8-6-18-47(50)48-19-7-9-21-51(48)59(56)65-58(52)53/h1-36,65H. The minimum absolute atomic E-state index is 0.152. The van der Waals surface area contributed by atoms with Gasteiger partial charge in [0.1, 0.15) is 11.2 Å². The molecule has 0 fully saturated rings. The van der Waals surface area contributed by atoms with Gasteiger partial charge in [-0.25, -0.2) is 4.98 Å². The molecule has 3 aromatic heterocycles. The predicted octanol–water partition coefficient (Wildman–Crippen LogP) is 17.5. The van der Waals surface area contributed by atoms with Gasteiger partial charge in [0.2, 0.25) is 5.28 Å². The van der Waals surface area contributed by atoms with Crippen LogP contribution < -0.4 is 0 Å². The molecule has 14 aromatic rings. The van der Waals surface area contributed by atoms with Gasteiger partial charge in [-0.2, -0.15) is 9.97 Å². The van der Waals surface area contributed by atoms with Crippen molar-refractivity contribution in [1.29, 1.82) is 0 Å². The fourth-order valence-corrected chi connectivity index (χ4v) is 10.7. The topological polar surface area (TPSA) is 67.6 Å². The van der Waals surface area contributed by atoms with Gasteiger partial charge in [-0.1, -0.05) is 194 Å². The van der Waals surface area contributed by atoms with Gasteiger partial charge >= 0.3 is 0 Å². The molecule has 0 aliphatic carbocycles. The summed E-state index contributed by atoms with van der Waals surface area (Å²) in [5.74, 6) is 1.05. The monoisotopic (exact) mass is 900 g/mol. The van der Waals surface area contributed by atoms with Crippen molar-refractivity contribution in [2.75, 3.05) is 0 Å². The average molecular weight is 901 g/mol. The first kappa shape index (κ1) is 39.3. The van der Waals surface area contributed by atoms with E-state index < -0.39 is 0 Å². The summed E-state index contributed by atoms with van der Waals surface area (Å²) in [6.45, 7) is 0. The Balaban J connectivity index is 0.831. The number of aromatic nitrogens is 4. The fraction of sp³-hybridized carbons (Fsp3) is 0. The van der Waals surface area contributed by atoms with Crippen LogP contribution in [-0.4, -0.2) is 19.9 Å². The maximum atomic E-state index is 7.07. The number of nitrogens with one attached hydrogen (secondary N) is 1. The van der Waals surface area contributed by atoms with Crippen LogP contribution in [0.4, 0.5) is 0 Å². The van der Waals surface area contributed by atoms with Crippen molar-refractivity contribution in [1.82, 2.24) is 19.9 Å². The van der Waals surface area contributed by atoms with Crippen LogP contribution in [0.1, 0.15) is 0 Å². The second kappa shape index (κ2) is 15.6. The van der Waals surface area contributed by atoms with Gasteiger partial charge in [0.25, 0.3) is 0 Å². The molecule has 14 rings (SSSR count). The maximum absolute atomic E-state index is 7.07. The Kier molecular flexibility index (Phi) is 8.88. The summed E-state index contributed by atoms with van der Waals surface area (Å²) in [6, 6.07) is 77.1. The Morgan fingerprint density at radius 2 is 0.870 bits per heavy atom. The zero-order chi connectivity index (χ0) is 45.6. The molecule has 5 nitrogen and oxygen atoms in total. The van der Waals surface area contributed by atoms with Gasteiger partial charge in [-0.05, 0) is 96.2 Å². The highest BCUT2D eigenvalue weighted by Gasteiger charge is 2.22. The molecule has 322 valence electrons. The molecular weight excluding hydrogens is 864 g/mol. The van der Waals surface area contributed by atoms with Gasteiger partial charge in [0.05, 0.1) is 11.0 Å². The Morgan fingerprint density at radius 1 is 0.348 bits per heavy atom. The van der Waals surface area contributed by atoms with Crippen LogP contribution in [0.5, 0.6) is 0 Å². The highest BCUT2D eigenvalue weighted by atomic mass is 35.5. The maximum Gasteiger partial charge on any atom is 0.226 e. The van der Waals surface area contributed by atoms with Crippen molar-refractivity contribution in [3.8, 4) is 67.3 Å². The zero-order valence-electron chi connectivity index (χ0n) is 36.9. The first-order chi connectivity index (χ1) is 34.1. The van der Waals surface area contributed by atoms with E-state index in [2.05, 4.69) is 191 Å². The molecule has 69 heavy (non-hydrogen) atoms. The Labute approximate surface area is 401 Å². The molecule has 0 saturated carbocycles. The first-order valence-electron chi connectivity index (χ1n) is 23.1. The number of hydrogen-bond donors (Lipinski definition) is 1. The van der Waals surface area contributed by atoms with Crippen LogP contribution in [0.25, 0.3) is 143 Å². The van der Waals surface area contributed by atoms with E-state index in [4.69, 9.17) is 21.0 Å². The number of fused-ring (bicyclic) bond motifs is 12. The smallest absolute Gasteiger partial charge is 0.226 e. The number of aromatic amines is 1. The highest BCUT2D eigenvalue weighted by Crippen LogP contribution is 2.47. The lowest BCUT2D eigenvalue weighted by atomic mass is 9.92. The molecular formula is C63H37ClN4O. The number of rotatable bonds is 6. The number of para-hydroxylation sites is 1. The van der Waals surface area contributed by atoms with Crippen molar-refractivity contribution >= 4 is 87.7 Å². The second-order valence-corrected chi connectivity index (χ2v) is 18.0. The third-order valence-electron chi connectivity index (χ3n) is 13.8. The van der Waals surface area contributed by atoms with E-state index in [9.17, 15) is 0 Å². The van der Waals surface area contributed by atoms with Crippen LogP contribution in [0, 0.1) is 0 Å². The third kappa shape index (κ3) is 6.43. The molecule has 1 N–H and O–H groups in total. The molecule has 11 aromatic carbocycles. The number of furan rings is 1. The van der Waals surface area contributed by atoms with E-state index in [0.717, 1.165) is 94.0 Å².